The van der Waals surface area contributed by atoms with Crippen molar-refractivity contribution in [1.82, 2.24) is 9.47 Å². The fourth-order valence-electron chi connectivity index (χ4n) is 4.14. The molecule has 0 spiro atoms. The number of hydrogen-bond acceptors (Lipinski definition) is 4. The van der Waals surface area contributed by atoms with Gasteiger partial charge in [0.15, 0.2) is 11.8 Å². The summed E-state index contributed by atoms with van der Waals surface area (Å²) in [7, 11) is 0. The molecule has 1 aliphatic heterocycles. The van der Waals surface area contributed by atoms with Gasteiger partial charge in [0, 0.05) is 48.9 Å². The zero-order valence-corrected chi connectivity index (χ0v) is 17.3. The maximum atomic E-state index is 10.4. The van der Waals surface area contributed by atoms with E-state index in [-0.39, 0.29) is 11.8 Å². The topological polar surface area (TPSA) is 51.9 Å². The Morgan fingerprint density at radius 1 is 0.857 bits per heavy atom. The number of piperazine rings is 1. The third-order valence-electron chi connectivity index (χ3n) is 5.70. The van der Waals surface area contributed by atoms with Gasteiger partial charge >= 0.3 is 0 Å². The lowest BCUT2D eigenvalue weighted by atomic mass is 10.0. The lowest BCUT2D eigenvalue weighted by molar-refractivity contribution is 0.246. The molecule has 1 aromatic carbocycles. The molecule has 1 aromatic heterocycles. The highest BCUT2D eigenvalue weighted by molar-refractivity contribution is 6.36. The number of aromatic nitrogens is 1. The summed E-state index contributed by atoms with van der Waals surface area (Å²) in [5.74, 6) is 0.443. The van der Waals surface area contributed by atoms with Gasteiger partial charge in [-0.25, -0.2) is 0 Å². The number of rotatable bonds is 5. The van der Waals surface area contributed by atoms with Gasteiger partial charge < -0.3 is 15.1 Å². The molecule has 4 rings (SSSR count). The largest absolute Gasteiger partial charge is 0.494 e. The first-order valence-corrected chi connectivity index (χ1v) is 10.5. The van der Waals surface area contributed by atoms with Gasteiger partial charge in [-0.3, -0.25) is 9.47 Å². The van der Waals surface area contributed by atoms with E-state index < -0.39 is 0 Å². The van der Waals surface area contributed by atoms with Crippen LogP contribution in [-0.4, -0.2) is 52.4 Å². The molecule has 2 N–H and O–H groups in total. The maximum Gasteiger partial charge on any atom is 0.197 e. The SMILES string of the molecule is Oc1c2c(c(O)n1CCCN1CCN(c3ccc(Cl)cc3Cl)CC1)CC=CC2. The molecule has 1 saturated heterocycles. The molecule has 0 amide bonds. The van der Waals surface area contributed by atoms with Crippen LogP contribution in [0.1, 0.15) is 17.5 Å². The van der Waals surface area contributed by atoms with Crippen molar-refractivity contribution in [2.24, 2.45) is 0 Å². The van der Waals surface area contributed by atoms with E-state index in [1.165, 1.54) is 0 Å². The third-order valence-corrected chi connectivity index (χ3v) is 6.24. The van der Waals surface area contributed by atoms with Crippen LogP contribution in [0.25, 0.3) is 0 Å². The van der Waals surface area contributed by atoms with Gasteiger partial charge in [0.2, 0.25) is 0 Å². The summed E-state index contributed by atoms with van der Waals surface area (Å²) in [5.41, 5.74) is 2.77. The number of fused-ring (bicyclic) bond motifs is 1. The Labute approximate surface area is 175 Å². The monoisotopic (exact) mass is 421 g/mol. The van der Waals surface area contributed by atoms with E-state index >= 15 is 0 Å². The Kier molecular flexibility index (Phi) is 5.76. The first-order chi connectivity index (χ1) is 13.5. The molecule has 0 atom stereocenters. The smallest absolute Gasteiger partial charge is 0.197 e. The van der Waals surface area contributed by atoms with E-state index in [1.54, 1.807) is 10.6 Å². The second-order valence-corrected chi connectivity index (χ2v) is 8.26. The van der Waals surface area contributed by atoms with Crippen molar-refractivity contribution in [3.05, 3.63) is 51.5 Å². The predicted molar refractivity (Wildman–Crippen MR) is 114 cm³/mol. The molecular weight excluding hydrogens is 397 g/mol. The minimum Gasteiger partial charge on any atom is -0.494 e. The van der Waals surface area contributed by atoms with Crippen LogP contribution in [0.5, 0.6) is 11.8 Å². The molecule has 0 saturated carbocycles. The number of hydrogen-bond donors (Lipinski definition) is 2. The predicted octanol–water partition coefficient (Wildman–Crippen LogP) is 4.07. The van der Waals surface area contributed by atoms with Crippen LogP contribution in [0.2, 0.25) is 10.0 Å². The Morgan fingerprint density at radius 2 is 1.50 bits per heavy atom. The molecule has 7 heteroatoms. The normalized spacial score (nSPS) is 17.1. The van der Waals surface area contributed by atoms with Crippen LogP contribution >= 0.6 is 23.2 Å². The van der Waals surface area contributed by atoms with Gasteiger partial charge in [-0.15, -0.1) is 0 Å². The number of nitrogens with zero attached hydrogens (tertiary/aromatic N) is 3. The van der Waals surface area contributed by atoms with E-state index in [1.807, 2.05) is 24.3 Å². The summed E-state index contributed by atoms with van der Waals surface area (Å²) in [5, 5.41) is 22.2. The first-order valence-electron chi connectivity index (χ1n) is 9.74. The van der Waals surface area contributed by atoms with Gasteiger partial charge in [-0.1, -0.05) is 35.4 Å². The van der Waals surface area contributed by atoms with E-state index in [2.05, 4.69) is 9.80 Å². The van der Waals surface area contributed by atoms with Crippen LogP contribution < -0.4 is 4.90 Å². The minimum absolute atomic E-state index is 0.221. The van der Waals surface area contributed by atoms with Crippen molar-refractivity contribution in [3.63, 3.8) is 0 Å². The number of halogens is 2. The zero-order chi connectivity index (χ0) is 19.7. The summed E-state index contributed by atoms with van der Waals surface area (Å²) in [6.07, 6.45) is 6.34. The van der Waals surface area contributed by atoms with Crippen LogP contribution in [0, 0.1) is 0 Å². The second-order valence-electron chi connectivity index (χ2n) is 7.41. The Hall–Kier alpha value is -1.82. The molecule has 1 aliphatic carbocycles. The van der Waals surface area contributed by atoms with Crippen LogP contribution in [0.15, 0.2) is 30.4 Å². The van der Waals surface area contributed by atoms with Crippen molar-refractivity contribution >= 4 is 28.9 Å². The third kappa shape index (κ3) is 3.84. The fourth-order valence-corrected chi connectivity index (χ4v) is 4.67. The van der Waals surface area contributed by atoms with Crippen molar-refractivity contribution < 1.29 is 10.2 Å². The van der Waals surface area contributed by atoms with Gasteiger partial charge in [0.1, 0.15) is 0 Å². The van der Waals surface area contributed by atoms with E-state index in [9.17, 15) is 10.2 Å². The van der Waals surface area contributed by atoms with Crippen molar-refractivity contribution in [2.75, 3.05) is 37.6 Å². The highest BCUT2D eigenvalue weighted by atomic mass is 35.5. The lowest BCUT2D eigenvalue weighted by Gasteiger charge is -2.36. The number of anilines is 1. The van der Waals surface area contributed by atoms with Crippen molar-refractivity contribution in [2.45, 2.75) is 25.8 Å². The molecular formula is C21H25Cl2N3O2. The van der Waals surface area contributed by atoms with Crippen LogP contribution in [0.4, 0.5) is 5.69 Å². The molecule has 1 fully saturated rings. The van der Waals surface area contributed by atoms with Crippen LogP contribution in [-0.2, 0) is 19.4 Å². The summed E-state index contributed by atoms with van der Waals surface area (Å²) in [6.45, 7) is 5.31. The van der Waals surface area contributed by atoms with Crippen molar-refractivity contribution in [3.8, 4) is 11.8 Å². The second kappa shape index (κ2) is 8.27. The number of aromatic hydroxyl groups is 2. The molecule has 150 valence electrons. The van der Waals surface area contributed by atoms with E-state index in [0.29, 0.717) is 29.4 Å². The van der Waals surface area contributed by atoms with Gasteiger partial charge in [-0.05, 0) is 44.0 Å². The quantitative estimate of drug-likeness (QED) is 0.714. The molecule has 0 bridgehead atoms. The summed E-state index contributed by atoms with van der Waals surface area (Å²) >= 11 is 12.3. The number of benzene rings is 1. The molecule has 0 radical (unpaired) electrons. The number of allylic oxidation sites excluding steroid dienone is 2. The Morgan fingerprint density at radius 3 is 2.11 bits per heavy atom. The highest BCUT2D eigenvalue weighted by Crippen LogP contribution is 2.37. The Balaban J connectivity index is 1.29. The van der Waals surface area contributed by atoms with Gasteiger partial charge in [0.25, 0.3) is 0 Å². The summed E-state index contributed by atoms with van der Waals surface area (Å²) in [4.78, 5) is 4.71. The molecule has 5 nitrogen and oxygen atoms in total. The Bertz CT molecular complexity index is 855. The molecule has 2 aromatic rings. The van der Waals surface area contributed by atoms with E-state index in [0.717, 1.165) is 56.0 Å². The molecule has 2 heterocycles. The first kappa shape index (κ1) is 19.5. The molecule has 0 unspecified atom stereocenters. The van der Waals surface area contributed by atoms with Gasteiger partial charge in [-0.2, -0.15) is 0 Å². The van der Waals surface area contributed by atoms with E-state index in [4.69, 9.17) is 23.2 Å². The zero-order valence-electron chi connectivity index (χ0n) is 15.7. The standard InChI is InChI=1S/C21H25Cl2N3O2/c22-15-6-7-19(18(23)14-15)25-12-10-24(11-13-25)8-3-9-26-20(27)16-4-1-2-5-17(16)21(26)28/h1-2,6-7,14,27-28H,3-5,8-13H2. The molecule has 2 aliphatic rings. The fraction of sp³-hybridized carbons (Fsp3) is 0.429. The van der Waals surface area contributed by atoms with Crippen molar-refractivity contribution in [1.29, 1.82) is 0 Å². The minimum atomic E-state index is 0.221. The summed E-state index contributed by atoms with van der Waals surface area (Å²) in [6, 6.07) is 5.64. The average Bonchev–Trinajstić information content (AvgIpc) is 2.94. The van der Waals surface area contributed by atoms with Crippen LogP contribution in [0.3, 0.4) is 0 Å². The maximum absolute atomic E-state index is 10.4. The average molecular weight is 422 g/mol. The van der Waals surface area contributed by atoms with Gasteiger partial charge in [0.05, 0.1) is 10.7 Å². The highest BCUT2D eigenvalue weighted by Gasteiger charge is 2.23. The summed E-state index contributed by atoms with van der Waals surface area (Å²) < 4.78 is 1.65. The molecule has 28 heavy (non-hydrogen) atoms. The lowest BCUT2D eigenvalue weighted by Crippen LogP contribution is -2.46.